The molecule has 1 heterocycles. The number of nitrogens with one attached hydrogen (secondary N) is 3. The predicted octanol–water partition coefficient (Wildman–Crippen LogP) is 2.53. The number of aromatic nitrogens is 1. The highest BCUT2D eigenvalue weighted by molar-refractivity contribution is 5.94. The van der Waals surface area contributed by atoms with E-state index in [4.69, 9.17) is 4.74 Å². The van der Waals surface area contributed by atoms with E-state index in [1.807, 2.05) is 43.3 Å². The Bertz CT molecular complexity index is 790. The SMILES string of the molecule is CCCOc1ccc(CN=C(NCC)NCCc2cccc(C(=O)NC)c2)cn1. The van der Waals surface area contributed by atoms with Gasteiger partial charge in [-0.25, -0.2) is 9.98 Å². The van der Waals surface area contributed by atoms with E-state index in [2.05, 4.69) is 32.9 Å². The molecule has 0 radical (unpaired) electrons. The predicted molar refractivity (Wildman–Crippen MR) is 116 cm³/mol. The number of nitrogens with zero attached hydrogens (tertiary/aromatic N) is 2. The van der Waals surface area contributed by atoms with Gasteiger partial charge in [0.15, 0.2) is 5.96 Å². The molecular formula is C22H31N5O2. The number of carbonyl (C=O) groups is 1. The molecule has 1 aromatic heterocycles. The number of benzene rings is 1. The Morgan fingerprint density at radius 1 is 1.14 bits per heavy atom. The number of hydrogen-bond acceptors (Lipinski definition) is 4. The summed E-state index contributed by atoms with van der Waals surface area (Å²) in [5, 5.41) is 9.23. The van der Waals surface area contributed by atoms with Crippen molar-refractivity contribution in [1.29, 1.82) is 0 Å². The van der Waals surface area contributed by atoms with Gasteiger partial charge < -0.3 is 20.7 Å². The molecule has 0 fully saturated rings. The molecule has 1 aromatic carbocycles. The van der Waals surface area contributed by atoms with E-state index in [9.17, 15) is 4.79 Å². The molecule has 0 aliphatic heterocycles. The van der Waals surface area contributed by atoms with Gasteiger partial charge in [0, 0.05) is 38.0 Å². The summed E-state index contributed by atoms with van der Waals surface area (Å²) >= 11 is 0. The molecule has 0 saturated heterocycles. The molecule has 3 N–H and O–H groups in total. The van der Waals surface area contributed by atoms with Gasteiger partial charge in [-0.05, 0) is 43.0 Å². The normalized spacial score (nSPS) is 11.1. The first-order valence-electron chi connectivity index (χ1n) is 10.1. The van der Waals surface area contributed by atoms with Crippen molar-refractivity contribution < 1.29 is 9.53 Å². The van der Waals surface area contributed by atoms with Crippen LogP contribution >= 0.6 is 0 Å². The molecule has 7 heteroatoms. The topological polar surface area (TPSA) is 87.6 Å². The van der Waals surface area contributed by atoms with Gasteiger partial charge in [-0.15, -0.1) is 0 Å². The van der Waals surface area contributed by atoms with Crippen molar-refractivity contribution in [2.45, 2.75) is 33.2 Å². The van der Waals surface area contributed by atoms with Crippen LogP contribution in [0.5, 0.6) is 5.88 Å². The van der Waals surface area contributed by atoms with Crippen LogP contribution in [0.25, 0.3) is 0 Å². The van der Waals surface area contributed by atoms with E-state index in [0.717, 1.165) is 36.5 Å². The first-order chi connectivity index (χ1) is 14.2. The van der Waals surface area contributed by atoms with E-state index in [0.29, 0.717) is 31.1 Å². The minimum Gasteiger partial charge on any atom is -0.478 e. The fourth-order valence-corrected chi connectivity index (χ4v) is 2.65. The number of amides is 1. The molecule has 29 heavy (non-hydrogen) atoms. The summed E-state index contributed by atoms with van der Waals surface area (Å²) in [5.74, 6) is 1.32. The highest BCUT2D eigenvalue weighted by atomic mass is 16.5. The van der Waals surface area contributed by atoms with Crippen molar-refractivity contribution in [2.75, 3.05) is 26.7 Å². The Morgan fingerprint density at radius 2 is 2.00 bits per heavy atom. The molecule has 0 atom stereocenters. The summed E-state index contributed by atoms with van der Waals surface area (Å²) in [4.78, 5) is 20.7. The van der Waals surface area contributed by atoms with Crippen molar-refractivity contribution >= 4 is 11.9 Å². The molecule has 156 valence electrons. The third-order valence-corrected chi connectivity index (χ3v) is 4.14. The lowest BCUT2D eigenvalue weighted by Crippen LogP contribution is -2.38. The summed E-state index contributed by atoms with van der Waals surface area (Å²) in [5.41, 5.74) is 2.79. The Kier molecular flexibility index (Phi) is 9.48. The summed E-state index contributed by atoms with van der Waals surface area (Å²) in [6.45, 7) is 6.79. The van der Waals surface area contributed by atoms with Crippen molar-refractivity contribution in [3.05, 3.63) is 59.3 Å². The smallest absolute Gasteiger partial charge is 0.251 e. The van der Waals surface area contributed by atoms with Crippen LogP contribution in [0.2, 0.25) is 0 Å². The largest absolute Gasteiger partial charge is 0.478 e. The molecule has 2 aromatic rings. The zero-order valence-electron chi connectivity index (χ0n) is 17.5. The Labute approximate surface area is 173 Å². The van der Waals surface area contributed by atoms with Gasteiger partial charge in [-0.3, -0.25) is 4.79 Å². The number of aliphatic imine (C=N–C) groups is 1. The zero-order chi connectivity index (χ0) is 20.9. The highest BCUT2D eigenvalue weighted by Crippen LogP contribution is 2.09. The number of carbonyl (C=O) groups excluding carboxylic acids is 1. The van der Waals surface area contributed by atoms with Crippen LogP contribution in [0.15, 0.2) is 47.6 Å². The maximum Gasteiger partial charge on any atom is 0.251 e. The van der Waals surface area contributed by atoms with E-state index in [-0.39, 0.29) is 5.91 Å². The van der Waals surface area contributed by atoms with Crippen molar-refractivity contribution in [2.24, 2.45) is 4.99 Å². The number of rotatable bonds is 10. The van der Waals surface area contributed by atoms with E-state index in [1.54, 1.807) is 13.2 Å². The lowest BCUT2D eigenvalue weighted by Gasteiger charge is -2.12. The van der Waals surface area contributed by atoms with Crippen LogP contribution in [-0.2, 0) is 13.0 Å². The molecule has 0 saturated carbocycles. The highest BCUT2D eigenvalue weighted by Gasteiger charge is 2.04. The lowest BCUT2D eigenvalue weighted by molar-refractivity contribution is 0.0963. The molecule has 1 amide bonds. The van der Waals surface area contributed by atoms with Gasteiger partial charge in [0.05, 0.1) is 13.2 Å². The Balaban J connectivity index is 1.88. The molecule has 0 spiro atoms. The minimum absolute atomic E-state index is 0.0746. The third kappa shape index (κ3) is 7.81. The van der Waals surface area contributed by atoms with Crippen LogP contribution in [0, 0.1) is 0 Å². The molecule has 0 bridgehead atoms. The van der Waals surface area contributed by atoms with Crippen molar-refractivity contribution in [3.8, 4) is 5.88 Å². The van der Waals surface area contributed by atoms with Gasteiger partial charge in [0.1, 0.15) is 0 Å². The Morgan fingerprint density at radius 3 is 2.69 bits per heavy atom. The number of ether oxygens (including phenoxy) is 1. The van der Waals surface area contributed by atoms with Gasteiger partial charge in [0.2, 0.25) is 5.88 Å². The van der Waals surface area contributed by atoms with Crippen LogP contribution in [-0.4, -0.2) is 43.6 Å². The summed E-state index contributed by atoms with van der Waals surface area (Å²) in [7, 11) is 1.64. The third-order valence-electron chi connectivity index (χ3n) is 4.14. The standard InChI is InChI=1S/C22H31N5O2/c1-4-13-29-20-10-9-18(15-26-20)16-27-22(24-5-2)25-12-11-17-7-6-8-19(14-17)21(28)23-3/h6-10,14-15H,4-5,11-13,16H2,1-3H3,(H,23,28)(H2,24,25,27). The first-order valence-corrected chi connectivity index (χ1v) is 10.1. The van der Waals surface area contributed by atoms with Crippen LogP contribution in [0.3, 0.4) is 0 Å². The van der Waals surface area contributed by atoms with E-state index in [1.165, 1.54) is 0 Å². The molecule has 0 aliphatic carbocycles. The lowest BCUT2D eigenvalue weighted by atomic mass is 10.1. The second kappa shape index (κ2) is 12.4. The van der Waals surface area contributed by atoms with Crippen molar-refractivity contribution in [3.63, 3.8) is 0 Å². The number of hydrogen-bond donors (Lipinski definition) is 3. The summed E-state index contributed by atoms with van der Waals surface area (Å²) < 4.78 is 5.50. The zero-order valence-corrected chi connectivity index (χ0v) is 17.5. The second-order valence-electron chi connectivity index (χ2n) is 6.50. The average Bonchev–Trinajstić information content (AvgIpc) is 2.76. The monoisotopic (exact) mass is 397 g/mol. The quantitative estimate of drug-likeness (QED) is 0.424. The van der Waals surface area contributed by atoms with Gasteiger partial charge in [-0.1, -0.05) is 25.1 Å². The van der Waals surface area contributed by atoms with Crippen LogP contribution in [0.1, 0.15) is 41.8 Å². The average molecular weight is 398 g/mol. The van der Waals surface area contributed by atoms with Crippen molar-refractivity contribution in [1.82, 2.24) is 20.9 Å². The van der Waals surface area contributed by atoms with E-state index < -0.39 is 0 Å². The van der Waals surface area contributed by atoms with Gasteiger partial charge in [0.25, 0.3) is 5.91 Å². The fourth-order valence-electron chi connectivity index (χ4n) is 2.65. The van der Waals surface area contributed by atoms with Crippen LogP contribution in [0.4, 0.5) is 0 Å². The fraction of sp³-hybridized carbons (Fsp3) is 0.409. The number of guanidine groups is 1. The molecule has 7 nitrogen and oxygen atoms in total. The molecule has 0 aliphatic rings. The number of pyridine rings is 1. The maximum atomic E-state index is 11.8. The second-order valence-corrected chi connectivity index (χ2v) is 6.50. The molecular weight excluding hydrogens is 366 g/mol. The maximum absolute atomic E-state index is 11.8. The van der Waals surface area contributed by atoms with Gasteiger partial charge >= 0.3 is 0 Å². The Hall–Kier alpha value is -3.09. The summed E-state index contributed by atoms with van der Waals surface area (Å²) in [6.07, 6.45) is 3.55. The molecule has 0 unspecified atom stereocenters. The molecule has 2 rings (SSSR count). The first kappa shape index (κ1) is 22.2. The van der Waals surface area contributed by atoms with E-state index >= 15 is 0 Å². The summed E-state index contributed by atoms with van der Waals surface area (Å²) in [6, 6.07) is 11.5. The van der Waals surface area contributed by atoms with Gasteiger partial charge in [-0.2, -0.15) is 0 Å². The minimum atomic E-state index is -0.0746. The van der Waals surface area contributed by atoms with Crippen LogP contribution < -0.4 is 20.7 Å².